The highest BCUT2D eigenvalue weighted by atomic mass is 32.2. The van der Waals surface area contributed by atoms with Crippen molar-refractivity contribution in [3.8, 4) is 11.1 Å². The van der Waals surface area contributed by atoms with Crippen LogP contribution in [-0.4, -0.2) is 24.2 Å². The highest BCUT2D eigenvalue weighted by Crippen LogP contribution is 2.32. The average molecular weight is 385 g/mol. The molecule has 2 N–H and O–H groups in total. The molecule has 0 saturated heterocycles. The molecule has 0 spiro atoms. The molecule has 7 heteroatoms. The first kappa shape index (κ1) is 19.4. The van der Waals surface area contributed by atoms with Gasteiger partial charge in [-0.05, 0) is 41.8 Å². The molecule has 2 aromatic heterocycles. The number of nitrogens with one attached hydrogen (secondary N) is 1. The van der Waals surface area contributed by atoms with Gasteiger partial charge < -0.3 is 0 Å². The van der Waals surface area contributed by atoms with Gasteiger partial charge in [0.2, 0.25) is 17.2 Å². The molecule has 6 nitrogen and oxygen atoms in total. The Bertz CT molecular complexity index is 1010. The maximum absolute atomic E-state index is 13.0. The molecular formula is C20H23N3O3S. The second-order valence-electron chi connectivity index (χ2n) is 7.57. The van der Waals surface area contributed by atoms with Crippen LogP contribution >= 0.6 is 0 Å². The van der Waals surface area contributed by atoms with Crippen molar-refractivity contribution in [1.29, 1.82) is 0 Å². The van der Waals surface area contributed by atoms with Crippen LogP contribution in [0.2, 0.25) is 0 Å². The van der Waals surface area contributed by atoms with Crippen LogP contribution in [0.5, 0.6) is 0 Å². The first-order valence-corrected chi connectivity index (χ1v) is 9.76. The third kappa shape index (κ3) is 4.00. The maximum atomic E-state index is 13.0. The summed E-state index contributed by atoms with van der Waals surface area (Å²) in [5.74, 6) is -0.0389. The minimum Gasteiger partial charge on any atom is -0.294 e. The highest BCUT2D eigenvalue weighted by Gasteiger charge is 2.26. The molecule has 2 heterocycles. The Balaban J connectivity index is 2.21. The van der Waals surface area contributed by atoms with Crippen LogP contribution in [0.15, 0.2) is 48.9 Å². The van der Waals surface area contributed by atoms with Crippen LogP contribution in [0.25, 0.3) is 22.0 Å². The van der Waals surface area contributed by atoms with Gasteiger partial charge in [0.1, 0.15) is 0 Å². The van der Waals surface area contributed by atoms with E-state index in [9.17, 15) is 13.6 Å². The number of fused-ring (bicyclic) bond motifs is 1. The van der Waals surface area contributed by atoms with Gasteiger partial charge in [0.15, 0.2) is 0 Å². The summed E-state index contributed by atoms with van der Waals surface area (Å²) >= 11 is -2.14. The molecule has 0 saturated carbocycles. The Morgan fingerprint density at radius 1 is 1.19 bits per heavy atom. The fourth-order valence-electron chi connectivity index (χ4n) is 3.07. The van der Waals surface area contributed by atoms with Crippen molar-refractivity contribution in [1.82, 2.24) is 14.3 Å². The van der Waals surface area contributed by atoms with Crippen molar-refractivity contribution in [2.75, 3.05) is 0 Å². The minimum atomic E-state index is -2.14. The number of hydrogen-bond acceptors (Lipinski definition) is 3. The second kappa shape index (κ2) is 7.34. The first-order valence-electron chi connectivity index (χ1n) is 8.65. The number of pyridine rings is 1. The third-order valence-corrected chi connectivity index (χ3v) is 5.01. The molecule has 27 heavy (non-hydrogen) atoms. The zero-order valence-corrected chi connectivity index (χ0v) is 16.6. The number of rotatable bonds is 4. The summed E-state index contributed by atoms with van der Waals surface area (Å²) in [6, 6.07) is 9.35. The van der Waals surface area contributed by atoms with E-state index < -0.39 is 16.7 Å². The Hall–Kier alpha value is -2.35. The molecule has 0 bridgehead atoms. The topological polar surface area (TPSA) is 84.2 Å². The van der Waals surface area contributed by atoms with Crippen LogP contribution in [0.1, 0.15) is 44.1 Å². The maximum Gasteiger partial charge on any atom is 0.236 e. The van der Waals surface area contributed by atoms with E-state index in [2.05, 4.69) is 9.71 Å². The number of hydrogen-bond donors (Lipinski definition) is 2. The lowest BCUT2D eigenvalue weighted by Gasteiger charge is -2.18. The van der Waals surface area contributed by atoms with Gasteiger partial charge in [-0.2, -0.15) is 0 Å². The lowest BCUT2D eigenvalue weighted by molar-refractivity contribution is 0.0772. The Labute approximate surface area is 161 Å². The summed E-state index contributed by atoms with van der Waals surface area (Å²) in [6.45, 7) is 7.42. The summed E-state index contributed by atoms with van der Waals surface area (Å²) in [7, 11) is 0. The molecule has 1 aromatic carbocycles. The van der Waals surface area contributed by atoms with Crippen molar-refractivity contribution in [2.45, 2.75) is 33.7 Å². The molecule has 2 atom stereocenters. The van der Waals surface area contributed by atoms with Crippen molar-refractivity contribution in [3.63, 3.8) is 0 Å². The lowest BCUT2D eigenvalue weighted by Crippen LogP contribution is -2.26. The monoisotopic (exact) mass is 385 g/mol. The van der Waals surface area contributed by atoms with Crippen molar-refractivity contribution in [3.05, 3.63) is 54.5 Å². The zero-order chi connectivity index (χ0) is 19.8. The fraction of sp³-hybridized carbons (Fsp3) is 0.300. The molecule has 0 aliphatic heterocycles. The van der Waals surface area contributed by atoms with E-state index in [0.29, 0.717) is 0 Å². The van der Waals surface area contributed by atoms with E-state index in [1.807, 2.05) is 51.1 Å². The molecule has 0 radical (unpaired) electrons. The number of aromatic nitrogens is 2. The van der Waals surface area contributed by atoms with Crippen LogP contribution in [0, 0.1) is 5.41 Å². The average Bonchev–Trinajstić information content (AvgIpc) is 2.99. The van der Waals surface area contributed by atoms with Crippen LogP contribution in [-0.2, 0) is 11.3 Å². The number of benzene rings is 1. The first-order chi connectivity index (χ1) is 12.7. The predicted octanol–water partition coefficient (Wildman–Crippen LogP) is 4.18. The standard InChI is InChI=1S/C20H23N3O3S/c1-13(22-27(25)26)17-12-23(19(24)20(2,3)4)18-11-15(5-6-16(17)18)14-7-9-21-10-8-14/h5-13,22H,1-4H3,(H,25,26). The Morgan fingerprint density at radius 2 is 1.85 bits per heavy atom. The van der Waals surface area contributed by atoms with Gasteiger partial charge in [-0.1, -0.05) is 32.9 Å². The summed E-state index contributed by atoms with van der Waals surface area (Å²) in [4.78, 5) is 17.1. The van der Waals surface area contributed by atoms with Gasteiger partial charge in [-0.15, -0.1) is 0 Å². The Morgan fingerprint density at radius 3 is 2.44 bits per heavy atom. The van der Waals surface area contributed by atoms with Gasteiger partial charge in [0.25, 0.3) is 0 Å². The van der Waals surface area contributed by atoms with Gasteiger partial charge in [0, 0.05) is 35.4 Å². The molecular weight excluding hydrogens is 362 g/mol. The van der Waals surface area contributed by atoms with Crippen molar-refractivity contribution in [2.24, 2.45) is 5.41 Å². The fourth-order valence-corrected chi connectivity index (χ4v) is 3.50. The summed E-state index contributed by atoms with van der Waals surface area (Å²) < 4.78 is 24.6. The van der Waals surface area contributed by atoms with Crippen molar-refractivity contribution < 1.29 is 13.6 Å². The van der Waals surface area contributed by atoms with Crippen LogP contribution < -0.4 is 4.72 Å². The van der Waals surface area contributed by atoms with E-state index in [4.69, 9.17) is 0 Å². The van der Waals surface area contributed by atoms with Crippen LogP contribution in [0.4, 0.5) is 0 Å². The van der Waals surface area contributed by atoms with Gasteiger partial charge in [-0.25, -0.2) is 8.93 Å². The molecule has 3 aromatic rings. The summed E-state index contributed by atoms with van der Waals surface area (Å²) in [6.07, 6.45) is 5.22. The molecule has 2 unspecified atom stereocenters. The molecule has 3 rings (SSSR count). The van der Waals surface area contributed by atoms with E-state index in [-0.39, 0.29) is 11.9 Å². The second-order valence-corrected chi connectivity index (χ2v) is 8.30. The molecule has 0 amide bonds. The smallest absolute Gasteiger partial charge is 0.236 e. The van der Waals surface area contributed by atoms with E-state index in [1.165, 1.54) is 0 Å². The highest BCUT2D eigenvalue weighted by molar-refractivity contribution is 7.77. The van der Waals surface area contributed by atoms with Gasteiger partial charge in [-0.3, -0.25) is 18.9 Å². The lowest BCUT2D eigenvalue weighted by atomic mass is 9.95. The molecule has 0 fully saturated rings. The molecule has 0 aliphatic rings. The number of carbonyl (C=O) groups excluding carboxylic acids is 1. The predicted molar refractivity (Wildman–Crippen MR) is 108 cm³/mol. The molecule has 142 valence electrons. The normalized spacial score (nSPS) is 14.3. The summed E-state index contributed by atoms with van der Waals surface area (Å²) in [5.41, 5.74) is 2.99. The van der Waals surface area contributed by atoms with Gasteiger partial charge in [0.05, 0.1) is 5.52 Å². The number of carbonyl (C=O) groups is 1. The molecule has 0 aliphatic carbocycles. The minimum absolute atomic E-state index is 0.0389. The van der Waals surface area contributed by atoms with E-state index in [1.54, 1.807) is 30.1 Å². The van der Waals surface area contributed by atoms with Gasteiger partial charge >= 0.3 is 0 Å². The van der Waals surface area contributed by atoms with E-state index >= 15 is 0 Å². The summed E-state index contributed by atoms with van der Waals surface area (Å²) in [5, 5.41) is 0.871. The van der Waals surface area contributed by atoms with E-state index in [0.717, 1.165) is 27.6 Å². The zero-order valence-electron chi connectivity index (χ0n) is 15.8. The quantitative estimate of drug-likeness (QED) is 0.660. The Kier molecular flexibility index (Phi) is 5.28. The largest absolute Gasteiger partial charge is 0.294 e. The SMILES string of the molecule is CC(NS(=O)O)c1cn(C(=O)C(C)(C)C)c2cc(-c3ccncc3)ccc12. The number of nitrogens with zero attached hydrogens (tertiary/aromatic N) is 2. The third-order valence-electron chi connectivity index (χ3n) is 4.45. The van der Waals surface area contributed by atoms with Crippen LogP contribution in [0.3, 0.4) is 0 Å². The van der Waals surface area contributed by atoms with Crippen molar-refractivity contribution >= 4 is 28.1 Å².